The van der Waals surface area contributed by atoms with Crippen molar-refractivity contribution in [1.29, 1.82) is 5.26 Å². The highest BCUT2D eigenvalue weighted by Gasteiger charge is 2.07. The molecule has 25 heavy (non-hydrogen) atoms. The van der Waals surface area contributed by atoms with E-state index in [1.807, 2.05) is 18.0 Å². The number of nitrogens with one attached hydrogen (secondary N) is 1. The van der Waals surface area contributed by atoms with Crippen LogP contribution in [-0.2, 0) is 6.54 Å². The highest BCUT2D eigenvalue weighted by atomic mass is 35.5. The van der Waals surface area contributed by atoms with E-state index in [0.29, 0.717) is 22.6 Å². The summed E-state index contributed by atoms with van der Waals surface area (Å²) in [4.78, 5) is 19.0. The van der Waals surface area contributed by atoms with E-state index in [4.69, 9.17) is 16.9 Å². The Kier molecular flexibility index (Phi) is 9.36. The van der Waals surface area contributed by atoms with Crippen LogP contribution < -0.4 is 5.32 Å². The van der Waals surface area contributed by atoms with Crippen LogP contribution in [0, 0.1) is 21.6 Å². The molecule has 1 saturated heterocycles. The number of nitro groups is 1. The fraction of sp³-hybridized carbons (Fsp3) is 0.400. The number of aliphatic imine (C=N–C) groups is 1. The van der Waals surface area contributed by atoms with Crippen molar-refractivity contribution in [2.75, 3.05) is 19.3 Å². The van der Waals surface area contributed by atoms with Crippen LogP contribution >= 0.6 is 23.4 Å². The molecule has 0 saturated carbocycles. The molecule has 0 aliphatic carbocycles. The molecule has 10 heteroatoms. The van der Waals surface area contributed by atoms with Crippen LogP contribution in [0.15, 0.2) is 34.6 Å². The molecule has 0 aromatic carbocycles. The van der Waals surface area contributed by atoms with Crippen LogP contribution in [-0.4, -0.2) is 40.0 Å². The molecule has 1 aromatic rings. The molecule has 0 radical (unpaired) electrons. The fourth-order valence-electron chi connectivity index (χ4n) is 1.74. The van der Waals surface area contributed by atoms with E-state index in [0.717, 1.165) is 30.5 Å². The van der Waals surface area contributed by atoms with Gasteiger partial charge < -0.3 is 10.2 Å². The monoisotopic (exact) mass is 382 g/mol. The van der Waals surface area contributed by atoms with Gasteiger partial charge in [0.1, 0.15) is 16.0 Å². The molecule has 8 nitrogen and oxygen atoms in total. The summed E-state index contributed by atoms with van der Waals surface area (Å²) in [5, 5.41) is 22.4. The number of hydrogen-bond acceptors (Lipinski definition) is 7. The number of nitrogens with zero attached hydrogens (tertiary/aromatic N) is 5. The molecule has 1 aliphatic heterocycles. The van der Waals surface area contributed by atoms with Gasteiger partial charge in [0.25, 0.3) is 6.20 Å². The maximum absolute atomic E-state index is 9.94. The molecule has 0 unspecified atom stereocenters. The molecule has 0 atom stereocenters. The van der Waals surface area contributed by atoms with E-state index < -0.39 is 4.92 Å². The van der Waals surface area contributed by atoms with Crippen molar-refractivity contribution in [2.24, 2.45) is 4.99 Å². The highest BCUT2D eigenvalue weighted by Crippen LogP contribution is 2.17. The highest BCUT2D eigenvalue weighted by molar-refractivity contribution is 8.03. The van der Waals surface area contributed by atoms with Crippen LogP contribution in [0.3, 0.4) is 0 Å². The number of nitriles is 1. The van der Waals surface area contributed by atoms with Crippen LogP contribution in [0.1, 0.15) is 18.9 Å². The molecule has 2 rings (SSSR count). The molecule has 1 fully saturated rings. The molecule has 2 heterocycles. The molecule has 0 bridgehead atoms. The van der Waals surface area contributed by atoms with E-state index in [1.54, 1.807) is 25.4 Å². The lowest BCUT2D eigenvalue weighted by molar-refractivity contribution is -0.403. The molecule has 1 N–H and O–H groups in total. The molecule has 0 spiro atoms. The third-order valence-electron chi connectivity index (χ3n) is 3.07. The summed E-state index contributed by atoms with van der Waals surface area (Å²) in [6, 6.07) is 3.63. The van der Waals surface area contributed by atoms with Gasteiger partial charge in [-0.15, -0.1) is 11.8 Å². The smallest absolute Gasteiger partial charge is 0.263 e. The third kappa shape index (κ3) is 8.93. The van der Waals surface area contributed by atoms with Crippen molar-refractivity contribution in [3.8, 4) is 6.19 Å². The third-order valence-corrected chi connectivity index (χ3v) is 4.35. The second-order valence-electron chi connectivity index (χ2n) is 5.01. The Morgan fingerprint density at radius 2 is 2.44 bits per heavy atom. The van der Waals surface area contributed by atoms with Crippen molar-refractivity contribution < 1.29 is 4.92 Å². The summed E-state index contributed by atoms with van der Waals surface area (Å²) in [5.74, 6) is 1.65. The number of thioether (sulfide) groups is 1. The first kappa shape index (κ1) is 20.7. The van der Waals surface area contributed by atoms with Crippen molar-refractivity contribution in [1.82, 2.24) is 15.2 Å². The fourth-order valence-corrected chi connectivity index (χ4v) is 2.73. The normalized spacial score (nSPS) is 15.4. The lowest BCUT2D eigenvalue weighted by Gasteiger charge is -2.17. The second kappa shape index (κ2) is 11.3. The summed E-state index contributed by atoms with van der Waals surface area (Å²) in [6.07, 6.45) is 5.56. The minimum Gasteiger partial charge on any atom is -0.375 e. The topological polar surface area (TPSA) is 107 Å². The van der Waals surface area contributed by atoms with Crippen LogP contribution in [0.25, 0.3) is 0 Å². The van der Waals surface area contributed by atoms with Crippen LogP contribution in [0.5, 0.6) is 0 Å². The molecule has 1 aliphatic rings. The van der Waals surface area contributed by atoms with Crippen molar-refractivity contribution in [2.45, 2.75) is 19.9 Å². The molecule has 0 amide bonds. The SMILES string of the molecule is C/C(=N\C#N)N(C)Cc1ccc(Cl)nc1.O=[N+]([O-])/C=C1/NCCCS1. The van der Waals surface area contributed by atoms with E-state index in [9.17, 15) is 10.1 Å². The second-order valence-corrected chi connectivity index (χ2v) is 6.54. The van der Waals surface area contributed by atoms with Gasteiger partial charge in [-0.2, -0.15) is 10.3 Å². The Balaban J connectivity index is 0.000000271. The number of aromatic nitrogens is 1. The Morgan fingerprint density at radius 1 is 1.68 bits per heavy atom. The van der Waals surface area contributed by atoms with Crippen LogP contribution in [0.2, 0.25) is 5.15 Å². The van der Waals surface area contributed by atoms with Gasteiger partial charge in [0.15, 0.2) is 0 Å². The van der Waals surface area contributed by atoms with Gasteiger partial charge in [-0.1, -0.05) is 17.7 Å². The van der Waals surface area contributed by atoms with Gasteiger partial charge in [-0.25, -0.2) is 4.98 Å². The number of pyridine rings is 1. The summed E-state index contributed by atoms with van der Waals surface area (Å²) in [6.45, 7) is 3.29. The molecular formula is C15H19ClN6O2S. The van der Waals surface area contributed by atoms with Crippen molar-refractivity contribution in [3.05, 3.63) is 50.4 Å². The summed E-state index contributed by atoms with van der Waals surface area (Å²) in [5.41, 5.74) is 1.02. The summed E-state index contributed by atoms with van der Waals surface area (Å²) in [7, 11) is 1.87. The van der Waals surface area contributed by atoms with Gasteiger partial charge in [0, 0.05) is 32.1 Å². The van der Waals surface area contributed by atoms with Gasteiger partial charge in [0.2, 0.25) is 6.19 Å². The predicted octanol–water partition coefficient (Wildman–Crippen LogP) is 2.85. The first-order chi connectivity index (χ1) is 11.9. The molecule has 1 aromatic heterocycles. The van der Waals surface area contributed by atoms with Crippen molar-refractivity contribution in [3.63, 3.8) is 0 Å². The Bertz CT molecular complexity index is 664. The zero-order valence-electron chi connectivity index (χ0n) is 14.0. The van der Waals surface area contributed by atoms with E-state index in [2.05, 4.69) is 15.3 Å². The van der Waals surface area contributed by atoms with Crippen LogP contribution in [0.4, 0.5) is 0 Å². The van der Waals surface area contributed by atoms with E-state index in [-0.39, 0.29) is 0 Å². The van der Waals surface area contributed by atoms with Gasteiger partial charge >= 0.3 is 0 Å². The lowest BCUT2D eigenvalue weighted by atomic mass is 10.3. The largest absolute Gasteiger partial charge is 0.375 e. The number of amidine groups is 1. The Labute approximate surface area is 155 Å². The predicted molar refractivity (Wildman–Crippen MR) is 99.6 cm³/mol. The number of hydrogen-bond donors (Lipinski definition) is 1. The van der Waals surface area contributed by atoms with E-state index in [1.165, 1.54) is 11.8 Å². The Morgan fingerprint density at radius 3 is 2.96 bits per heavy atom. The molecular weight excluding hydrogens is 364 g/mol. The molecule has 134 valence electrons. The van der Waals surface area contributed by atoms with Gasteiger partial charge in [-0.3, -0.25) is 10.1 Å². The zero-order valence-corrected chi connectivity index (χ0v) is 15.5. The maximum Gasteiger partial charge on any atom is 0.263 e. The van der Waals surface area contributed by atoms with Gasteiger partial charge in [0.05, 0.1) is 4.92 Å². The zero-order chi connectivity index (χ0) is 18.7. The van der Waals surface area contributed by atoms with E-state index >= 15 is 0 Å². The Hall–Kier alpha value is -2.31. The number of halogens is 1. The maximum atomic E-state index is 9.94. The first-order valence-electron chi connectivity index (χ1n) is 7.39. The van der Waals surface area contributed by atoms with Gasteiger partial charge in [-0.05, 0) is 25.0 Å². The number of rotatable bonds is 3. The summed E-state index contributed by atoms with van der Waals surface area (Å²) < 4.78 is 0. The quantitative estimate of drug-likeness (QED) is 0.214. The first-order valence-corrected chi connectivity index (χ1v) is 8.75. The average molecular weight is 383 g/mol. The summed E-state index contributed by atoms with van der Waals surface area (Å²) >= 11 is 7.17. The minimum atomic E-state index is -0.430. The standard InChI is InChI=1S/C10H11ClN4.C5H8N2O2S/c1-8(14-7-12)15(2)6-9-3-4-10(11)13-5-9;8-7(9)4-5-6-2-1-3-10-5/h3-5H,6H2,1-2H3;4,6H,1-3H2/b14-8+;5-4-. The minimum absolute atomic E-state index is 0.430. The lowest BCUT2D eigenvalue weighted by Crippen LogP contribution is -2.23. The van der Waals surface area contributed by atoms with Crippen molar-refractivity contribution >= 4 is 29.2 Å². The average Bonchev–Trinajstić information content (AvgIpc) is 2.58.